The average Bonchev–Trinajstić information content (AvgIpc) is 2.45. The van der Waals surface area contributed by atoms with Gasteiger partial charge in [-0.15, -0.1) is 0 Å². The van der Waals surface area contributed by atoms with Gasteiger partial charge in [0.15, 0.2) is 0 Å². The van der Waals surface area contributed by atoms with E-state index in [1.165, 1.54) is 6.92 Å². The zero-order valence-electron chi connectivity index (χ0n) is 13.5. The van der Waals surface area contributed by atoms with Gasteiger partial charge in [-0.3, -0.25) is 14.4 Å². The number of carbonyl (C=O) groups is 3. The first-order chi connectivity index (χ1) is 10.0. The molecule has 5 heteroatoms. The third-order valence-electron chi connectivity index (χ3n) is 3.15. The lowest BCUT2D eigenvalue weighted by Gasteiger charge is -2.13. The van der Waals surface area contributed by atoms with Gasteiger partial charge in [0.25, 0.3) is 0 Å². The quantitative estimate of drug-likeness (QED) is 0.315. The number of hydrogen-bond acceptors (Lipinski definition) is 5. The predicted octanol–water partition coefficient (Wildman–Crippen LogP) is 3.05. The Labute approximate surface area is 127 Å². The van der Waals surface area contributed by atoms with E-state index in [9.17, 15) is 14.4 Å². The van der Waals surface area contributed by atoms with Gasteiger partial charge in [0, 0.05) is 0 Å². The van der Waals surface area contributed by atoms with Crippen molar-refractivity contribution in [3.8, 4) is 0 Å². The fraction of sp³-hybridized carbons (Fsp3) is 0.812. The van der Waals surface area contributed by atoms with Crippen LogP contribution in [0, 0.1) is 5.92 Å². The van der Waals surface area contributed by atoms with Gasteiger partial charge in [-0.25, -0.2) is 0 Å². The molecule has 0 radical (unpaired) electrons. The molecule has 0 saturated carbocycles. The number of Topliss-reactive ketones (excluding diaryl/α,β-unsaturated/α-hetero) is 1. The summed E-state index contributed by atoms with van der Waals surface area (Å²) in [7, 11) is 0. The van der Waals surface area contributed by atoms with Crippen molar-refractivity contribution in [1.82, 2.24) is 0 Å². The zero-order valence-corrected chi connectivity index (χ0v) is 13.5. The fourth-order valence-electron chi connectivity index (χ4n) is 1.78. The molecular formula is C16H28O5. The van der Waals surface area contributed by atoms with E-state index >= 15 is 0 Å². The lowest BCUT2D eigenvalue weighted by Crippen LogP contribution is -2.28. The van der Waals surface area contributed by atoms with Crippen LogP contribution in [0.1, 0.15) is 65.7 Å². The van der Waals surface area contributed by atoms with Crippen LogP contribution in [0.15, 0.2) is 0 Å². The number of hydrogen-bond donors (Lipinski definition) is 0. The largest absolute Gasteiger partial charge is 0.466 e. The number of unbranched alkanes of at least 4 members (excludes halogenated alkanes) is 4. The van der Waals surface area contributed by atoms with Crippen LogP contribution in [0.25, 0.3) is 0 Å². The molecule has 0 N–H and O–H groups in total. The van der Waals surface area contributed by atoms with Gasteiger partial charge >= 0.3 is 11.9 Å². The molecule has 0 saturated heterocycles. The highest BCUT2D eigenvalue weighted by molar-refractivity contribution is 6.00. The monoisotopic (exact) mass is 300 g/mol. The summed E-state index contributed by atoms with van der Waals surface area (Å²) in [6.07, 6.45) is 5.37. The van der Waals surface area contributed by atoms with Crippen LogP contribution in [-0.2, 0) is 23.9 Å². The summed E-state index contributed by atoms with van der Waals surface area (Å²) in [6, 6.07) is 0. The highest BCUT2D eigenvalue weighted by atomic mass is 16.5. The molecule has 0 rings (SSSR count). The molecule has 0 aliphatic carbocycles. The zero-order chi connectivity index (χ0) is 16.1. The van der Waals surface area contributed by atoms with E-state index in [2.05, 4.69) is 13.8 Å². The van der Waals surface area contributed by atoms with Gasteiger partial charge in [0.05, 0.1) is 19.6 Å². The SMILES string of the molecule is CCCCCOC(=O)CC(C(C)=O)C(=O)OCCCCC. The van der Waals surface area contributed by atoms with Crippen LogP contribution in [0.4, 0.5) is 0 Å². The Bertz CT molecular complexity index is 325. The summed E-state index contributed by atoms with van der Waals surface area (Å²) >= 11 is 0. The summed E-state index contributed by atoms with van der Waals surface area (Å²) in [5.41, 5.74) is 0. The van der Waals surface area contributed by atoms with Crippen LogP contribution in [-0.4, -0.2) is 30.9 Å². The summed E-state index contributed by atoms with van der Waals surface area (Å²) in [4.78, 5) is 34.9. The van der Waals surface area contributed by atoms with Gasteiger partial charge in [-0.1, -0.05) is 39.5 Å². The molecule has 1 unspecified atom stereocenters. The van der Waals surface area contributed by atoms with Gasteiger partial charge in [-0.05, 0) is 19.8 Å². The lowest BCUT2D eigenvalue weighted by atomic mass is 10.0. The van der Waals surface area contributed by atoms with E-state index in [4.69, 9.17) is 9.47 Å². The second-order valence-corrected chi connectivity index (χ2v) is 5.17. The molecule has 0 heterocycles. The van der Waals surface area contributed by atoms with E-state index in [0.29, 0.717) is 13.2 Å². The highest BCUT2D eigenvalue weighted by Gasteiger charge is 2.28. The molecule has 1 atom stereocenters. The van der Waals surface area contributed by atoms with Crippen LogP contribution in [0.3, 0.4) is 0 Å². The van der Waals surface area contributed by atoms with Gasteiger partial charge in [0.1, 0.15) is 11.7 Å². The Morgan fingerprint density at radius 1 is 0.857 bits per heavy atom. The topological polar surface area (TPSA) is 69.7 Å². The Morgan fingerprint density at radius 2 is 1.38 bits per heavy atom. The number of ether oxygens (including phenoxy) is 2. The first-order valence-electron chi connectivity index (χ1n) is 7.85. The molecular weight excluding hydrogens is 272 g/mol. The van der Waals surface area contributed by atoms with E-state index in [0.717, 1.165) is 38.5 Å². The second kappa shape index (κ2) is 12.4. The molecule has 0 spiro atoms. The van der Waals surface area contributed by atoms with Crippen molar-refractivity contribution in [1.29, 1.82) is 0 Å². The minimum atomic E-state index is -1.04. The van der Waals surface area contributed by atoms with Crippen molar-refractivity contribution in [3.63, 3.8) is 0 Å². The first-order valence-corrected chi connectivity index (χ1v) is 7.85. The van der Waals surface area contributed by atoms with Gasteiger partial charge in [-0.2, -0.15) is 0 Å². The molecule has 0 aromatic carbocycles. The molecule has 0 aromatic rings. The molecule has 122 valence electrons. The third-order valence-corrected chi connectivity index (χ3v) is 3.15. The minimum Gasteiger partial charge on any atom is -0.466 e. The average molecular weight is 300 g/mol. The van der Waals surface area contributed by atoms with Crippen LogP contribution in [0.5, 0.6) is 0 Å². The van der Waals surface area contributed by atoms with Crippen LogP contribution >= 0.6 is 0 Å². The van der Waals surface area contributed by atoms with Crippen molar-refractivity contribution >= 4 is 17.7 Å². The highest BCUT2D eigenvalue weighted by Crippen LogP contribution is 2.10. The molecule has 0 aliphatic rings. The van der Waals surface area contributed by atoms with Gasteiger partial charge in [0.2, 0.25) is 0 Å². The Kier molecular flexibility index (Phi) is 11.5. The van der Waals surface area contributed by atoms with Crippen LogP contribution < -0.4 is 0 Å². The van der Waals surface area contributed by atoms with E-state index in [1.54, 1.807) is 0 Å². The number of ketones is 1. The maximum Gasteiger partial charge on any atom is 0.317 e. The summed E-state index contributed by atoms with van der Waals surface area (Å²) in [6.45, 7) is 6.03. The van der Waals surface area contributed by atoms with Crippen molar-refractivity contribution in [3.05, 3.63) is 0 Å². The molecule has 0 bridgehead atoms. The fourth-order valence-corrected chi connectivity index (χ4v) is 1.78. The lowest BCUT2D eigenvalue weighted by molar-refractivity contribution is -0.158. The normalized spacial score (nSPS) is 11.8. The number of rotatable bonds is 12. The first kappa shape index (κ1) is 19.6. The standard InChI is InChI=1S/C16H28O5/c1-4-6-8-10-20-15(18)12-14(13(3)17)16(19)21-11-9-7-5-2/h14H,4-12H2,1-3H3. The minimum absolute atomic E-state index is 0.228. The van der Waals surface area contributed by atoms with Crippen LogP contribution in [0.2, 0.25) is 0 Å². The van der Waals surface area contributed by atoms with Crippen molar-refractivity contribution in [2.45, 2.75) is 65.7 Å². The molecule has 0 aromatic heterocycles. The smallest absolute Gasteiger partial charge is 0.317 e. The van der Waals surface area contributed by atoms with Crippen molar-refractivity contribution in [2.24, 2.45) is 5.92 Å². The third kappa shape index (κ3) is 10.0. The Morgan fingerprint density at radius 3 is 1.86 bits per heavy atom. The summed E-state index contributed by atoms with van der Waals surface area (Å²) in [5, 5.41) is 0. The maximum atomic E-state index is 11.8. The summed E-state index contributed by atoms with van der Waals surface area (Å²) in [5.74, 6) is -2.53. The Balaban J connectivity index is 4.13. The molecule has 21 heavy (non-hydrogen) atoms. The molecule has 5 nitrogen and oxygen atoms in total. The van der Waals surface area contributed by atoms with E-state index in [-0.39, 0.29) is 12.2 Å². The Hall–Kier alpha value is -1.39. The predicted molar refractivity (Wildman–Crippen MR) is 79.8 cm³/mol. The number of esters is 2. The molecule has 0 aliphatic heterocycles. The van der Waals surface area contributed by atoms with Gasteiger partial charge < -0.3 is 9.47 Å². The van der Waals surface area contributed by atoms with Crippen molar-refractivity contribution < 1.29 is 23.9 Å². The summed E-state index contributed by atoms with van der Waals surface area (Å²) < 4.78 is 10.1. The number of carbonyl (C=O) groups excluding carboxylic acids is 3. The molecule has 0 amide bonds. The second-order valence-electron chi connectivity index (χ2n) is 5.17. The van der Waals surface area contributed by atoms with E-state index < -0.39 is 17.9 Å². The van der Waals surface area contributed by atoms with E-state index in [1.807, 2.05) is 0 Å². The molecule has 0 fully saturated rings. The van der Waals surface area contributed by atoms with Crippen molar-refractivity contribution in [2.75, 3.05) is 13.2 Å². The maximum absolute atomic E-state index is 11.8.